The van der Waals surface area contributed by atoms with Gasteiger partial charge in [0.25, 0.3) is 0 Å². The molecule has 0 radical (unpaired) electrons. The van der Waals surface area contributed by atoms with Crippen molar-refractivity contribution in [3.05, 3.63) is 35.1 Å². The molecule has 1 rings (SSSR count). The lowest BCUT2D eigenvalue weighted by Gasteiger charge is -2.06. The topological polar surface area (TPSA) is 29.1 Å². The summed E-state index contributed by atoms with van der Waals surface area (Å²) in [4.78, 5) is 11.6. The van der Waals surface area contributed by atoms with E-state index in [1.165, 1.54) is 12.1 Å². The lowest BCUT2D eigenvalue weighted by molar-refractivity contribution is -0.117. The van der Waals surface area contributed by atoms with E-state index in [0.717, 1.165) is 24.1 Å². The average molecular weight is 223 g/mol. The standard InChI is InChI=1S/C13H18FNO/c1-3-6-15-9-13(16)8-11-7-12(14)5-4-10(11)2/h4-5,7,15H,3,6,8-9H2,1-2H3. The SMILES string of the molecule is CCCNCC(=O)Cc1cc(F)ccc1C. The van der Waals surface area contributed by atoms with Crippen molar-refractivity contribution in [3.8, 4) is 0 Å². The summed E-state index contributed by atoms with van der Waals surface area (Å²) in [5, 5.41) is 3.05. The fourth-order valence-electron chi connectivity index (χ4n) is 1.51. The Hall–Kier alpha value is -1.22. The highest BCUT2D eigenvalue weighted by atomic mass is 19.1. The number of nitrogens with one attached hydrogen (secondary N) is 1. The van der Waals surface area contributed by atoms with Gasteiger partial charge in [-0.3, -0.25) is 4.79 Å². The van der Waals surface area contributed by atoms with Gasteiger partial charge < -0.3 is 5.32 Å². The minimum Gasteiger partial charge on any atom is -0.310 e. The van der Waals surface area contributed by atoms with Crippen LogP contribution in [0.1, 0.15) is 24.5 Å². The molecule has 3 heteroatoms. The summed E-state index contributed by atoms with van der Waals surface area (Å²) in [6, 6.07) is 4.56. The predicted molar refractivity (Wildman–Crippen MR) is 63.0 cm³/mol. The van der Waals surface area contributed by atoms with Crippen LogP contribution in [0.4, 0.5) is 4.39 Å². The fraction of sp³-hybridized carbons (Fsp3) is 0.462. The average Bonchev–Trinajstić information content (AvgIpc) is 2.24. The number of hydrogen-bond donors (Lipinski definition) is 1. The van der Waals surface area contributed by atoms with Crippen LogP contribution in [-0.2, 0) is 11.2 Å². The number of benzene rings is 1. The van der Waals surface area contributed by atoms with Crippen LogP contribution in [0.25, 0.3) is 0 Å². The molecular weight excluding hydrogens is 205 g/mol. The van der Waals surface area contributed by atoms with Crippen LogP contribution in [-0.4, -0.2) is 18.9 Å². The highest BCUT2D eigenvalue weighted by molar-refractivity contribution is 5.83. The Morgan fingerprint density at radius 2 is 2.19 bits per heavy atom. The zero-order valence-electron chi connectivity index (χ0n) is 9.85. The molecule has 0 heterocycles. The molecule has 1 aromatic rings. The summed E-state index contributed by atoms with van der Waals surface area (Å²) in [5.74, 6) is -0.183. The van der Waals surface area contributed by atoms with Crippen LogP contribution in [0.15, 0.2) is 18.2 Å². The lowest BCUT2D eigenvalue weighted by atomic mass is 10.0. The maximum absolute atomic E-state index is 13.0. The Balaban J connectivity index is 2.52. The van der Waals surface area contributed by atoms with Crippen molar-refractivity contribution in [3.63, 3.8) is 0 Å². The van der Waals surface area contributed by atoms with Crippen LogP contribution in [0.3, 0.4) is 0 Å². The van der Waals surface area contributed by atoms with Crippen molar-refractivity contribution >= 4 is 5.78 Å². The smallest absolute Gasteiger partial charge is 0.150 e. The normalized spacial score (nSPS) is 10.4. The Morgan fingerprint density at radius 3 is 2.88 bits per heavy atom. The Labute approximate surface area is 95.9 Å². The third-order valence-corrected chi connectivity index (χ3v) is 2.45. The Bertz CT molecular complexity index is 363. The van der Waals surface area contributed by atoms with E-state index in [9.17, 15) is 9.18 Å². The summed E-state index contributed by atoms with van der Waals surface area (Å²) in [6.07, 6.45) is 1.31. The van der Waals surface area contributed by atoms with E-state index in [4.69, 9.17) is 0 Å². The number of rotatable bonds is 6. The number of Topliss-reactive ketones (excluding diaryl/α,β-unsaturated/α-hetero) is 1. The van der Waals surface area contributed by atoms with Crippen LogP contribution in [0.2, 0.25) is 0 Å². The van der Waals surface area contributed by atoms with Gasteiger partial charge in [0.15, 0.2) is 5.78 Å². The Kier molecular flexibility index (Phi) is 5.12. The van der Waals surface area contributed by atoms with E-state index < -0.39 is 0 Å². The maximum Gasteiger partial charge on any atom is 0.150 e. The second-order valence-electron chi connectivity index (χ2n) is 3.96. The number of carbonyl (C=O) groups is 1. The van der Waals surface area contributed by atoms with Gasteiger partial charge in [-0.2, -0.15) is 0 Å². The van der Waals surface area contributed by atoms with E-state index >= 15 is 0 Å². The summed E-state index contributed by atoms with van der Waals surface area (Å²) < 4.78 is 13.0. The van der Waals surface area contributed by atoms with Crippen LogP contribution < -0.4 is 5.32 Å². The van der Waals surface area contributed by atoms with E-state index in [-0.39, 0.29) is 11.6 Å². The first-order valence-corrected chi connectivity index (χ1v) is 5.61. The van der Waals surface area contributed by atoms with E-state index in [2.05, 4.69) is 5.32 Å². The number of hydrogen-bond acceptors (Lipinski definition) is 2. The van der Waals surface area contributed by atoms with Gasteiger partial charge in [0, 0.05) is 6.42 Å². The second-order valence-corrected chi connectivity index (χ2v) is 3.96. The second kappa shape index (κ2) is 6.38. The van der Waals surface area contributed by atoms with Crippen LogP contribution in [0, 0.1) is 12.7 Å². The highest BCUT2D eigenvalue weighted by Crippen LogP contribution is 2.10. The molecule has 0 spiro atoms. The molecule has 0 aromatic heterocycles. The van der Waals surface area contributed by atoms with Gasteiger partial charge in [0.1, 0.15) is 5.82 Å². The molecule has 2 nitrogen and oxygen atoms in total. The quantitative estimate of drug-likeness (QED) is 0.749. The third-order valence-electron chi connectivity index (χ3n) is 2.45. The first-order valence-electron chi connectivity index (χ1n) is 5.61. The highest BCUT2D eigenvalue weighted by Gasteiger charge is 2.06. The zero-order valence-corrected chi connectivity index (χ0v) is 9.85. The molecule has 0 amide bonds. The summed E-state index contributed by atoms with van der Waals surface area (Å²) in [7, 11) is 0. The van der Waals surface area contributed by atoms with Gasteiger partial charge in [-0.1, -0.05) is 13.0 Å². The molecule has 0 bridgehead atoms. The number of carbonyl (C=O) groups excluding carboxylic acids is 1. The summed E-state index contributed by atoms with van der Waals surface area (Å²) in [5.41, 5.74) is 1.74. The van der Waals surface area contributed by atoms with Gasteiger partial charge >= 0.3 is 0 Å². The minimum atomic E-state index is -0.282. The van der Waals surface area contributed by atoms with E-state index in [0.29, 0.717) is 13.0 Å². The molecule has 0 fully saturated rings. The van der Waals surface area contributed by atoms with Crippen molar-refractivity contribution in [1.29, 1.82) is 0 Å². The fourth-order valence-corrected chi connectivity index (χ4v) is 1.51. The number of aryl methyl sites for hydroxylation is 1. The molecule has 1 aromatic carbocycles. The summed E-state index contributed by atoms with van der Waals surface area (Å²) in [6.45, 7) is 5.15. The number of ketones is 1. The first-order chi connectivity index (χ1) is 7.63. The molecule has 0 atom stereocenters. The van der Waals surface area contributed by atoms with Crippen molar-refractivity contribution in [2.24, 2.45) is 0 Å². The molecule has 0 unspecified atom stereocenters. The van der Waals surface area contributed by atoms with Crippen molar-refractivity contribution in [2.45, 2.75) is 26.7 Å². The molecule has 16 heavy (non-hydrogen) atoms. The van der Waals surface area contributed by atoms with Gasteiger partial charge in [0.05, 0.1) is 6.54 Å². The summed E-state index contributed by atoms with van der Waals surface area (Å²) >= 11 is 0. The number of halogens is 1. The van der Waals surface area contributed by atoms with E-state index in [1.807, 2.05) is 13.8 Å². The molecule has 1 N–H and O–H groups in total. The van der Waals surface area contributed by atoms with E-state index in [1.54, 1.807) is 6.07 Å². The minimum absolute atomic E-state index is 0.0992. The Morgan fingerprint density at radius 1 is 1.44 bits per heavy atom. The predicted octanol–water partition coefficient (Wildman–Crippen LogP) is 2.25. The zero-order chi connectivity index (χ0) is 12.0. The maximum atomic E-state index is 13.0. The van der Waals surface area contributed by atoms with Gasteiger partial charge in [-0.15, -0.1) is 0 Å². The first kappa shape index (κ1) is 12.8. The van der Waals surface area contributed by atoms with Gasteiger partial charge in [-0.25, -0.2) is 4.39 Å². The lowest BCUT2D eigenvalue weighted by Crippen LogP contribution is -2.25. The van der Waals surface area contributed by atoms with Gasteiger partial charge in [-0.05, 0) is 43.1 Å². The molecule has 88 valence electrons. The molecular formula is C13H18FNO. The molecule has 0 aliphatic rings. The van der Waals surface area contributed by atoms with Crippen LogP contribution in [0.5, 0.6) is 0 Å². The van der Waals surface area contributed by atoms with Crippen molar-refractivity contribution < 1.29 is 9.18 Å². The van der Waals surface area contributed by atoms with Crippen LogP contribution >= 0.6 is 0 Å². The molecule has 0 aliphatic heterocycles. The van der Waals surface area contributed by atoms with Crippen molar-refractivity contribution in [2.75, 3.05) is 13.1 Å². The molecule has 0 saturated carbocycles. The third kappa shape index (κ3) is 4.11. The molecule has 0 aliphatic carbocycles. The molecule has 0 saturated heterocycles. The van der Waals surface area contributed by atoms with Crippen molar-refractivity contribution in [1.82, 2.24) is 5.32 Å². The largest absolute Gasteiger partial charge is 0.310 e. The monoisotopic (exact) mass is 223 g/mol. The van der Waals surface area contributed by atoms with Gasteiger partial charge in [0.2, 0.25) is 0 Å².